The first kappa shape index (κ1) is 18.5. The molecule has 11 heteroatoms. The number of hydrogen-bond acceptors (Lipinski definition) is 8. The molecule has 126 valence electrons. The van der Waals surface area contributed by atoms with Crippen molar-refractivity contribution in [3.8, 4) is 6.57 Å². The predicted molar refractivity (Wildman–Crippen MR) is 75.3 cm³/mol. The minimum Gasteiger partial charge on any atom is -0.479 e. The highest BCUT2D eigenvalue weighted by atomic mass is 16.7. The number of nitrogens with zero attached hydrogens (tertiary/aromatic N) is 6. The fourth-order valence-electron chi connectivity index (χ4n) is 2.39. The number of nitrogens with one attached hydrogen (secondary N) is 1. The first-order valence-electron chi connectivity index (χ1n) is 6.91. The topological polar surface area (TPSA) is 148 Å². The number of carbonyl (C=O) groups excluding carboxylic acids is 1. The van der Waals surface area contributed by atoms with Crippen LogP contribution in [0.4, 0.5) is 0 Å². The van der Waals surface area contributed by atoms with Crippen LogP contribution < -0.4 is 0 Å². The van der Waals surface area contributed by atoms with Gasteiger partial charge in [0.25, 0.3) is 0 Å². The molecule has 1 amide bonds. The van der Waals surface area contributed by atoms with Crippen molar-refractivity contribution in [1.82, 2.24) is 30.6 Å². The molecule has 2 rings (SSSR count). The molecule has 0 spiro atoms. The van der Waals surface area contributed by atoms with Crippen LogP contribution in [0.2, 0.25) is 0 Å². The second kappa shape index (κ2) is 9.44. The van der Waals surface area contributed by atoms with Crippen molar-refractivity contribution in [3.63, 3.8) is 0 Å². The van der Waals surface area contributed by atoms with E-state index in [2.05, 4.69) is 32.1 Å². The predicted octanol–water partition coefficient (Wildman–Crippen LogP) is -0.831. The highest BCUT2D eigenvalue weighted by molar-refractivity contribution is 5.73. The van der Waals surface area contributed by atoms with E-state index in [0.29, 0.717) is 18.9 Å². The summed E-state index contributed by atoms with van der Waals surface area (Å²) >= 11 is 0. The van der Waals surface area contributed by atoms with Crippen LogP contribution in [0.25, 0.3) is 0 Å². The van der Waals surface area contributed by atoms with Gasteiger partial charge in [-0.05, 0) is 19.4 Å². The number of aromatic nitrogens is 4. The van der Waals surface area contributed by atoms with Gasteiger partial charge in [-0.1, -0.05) is 5.21 Å². The van der Waals surface area contributed by atoms with E-state index >= 15 is 0 Å². The molecule has 1 saturated heterocycles. The summed E-state index contributed by atoms with van der Waals surface area (Å²) in [5, 5.41) is 30.0. The van der Waals surface area contributed by atoms with E-state index in [1.165, 1.54) is 6.92 Å². The number of hydroxylamine groups is 2. The zero-order chi connectivity index (χ0) is 17.2. The van der Waals surface area contributed by atoms with Crippen LogP contribution in [0.15, 0.2) is 0 Å². The number of tetrazole rings is 1. The van der Waals surface area contributed by atoms with Gasteiger partial charge in [0, 0.05) is 20.0 Å². The summed E-state index contributed by atoms with van der Waals surface area (Å²) < 4.78 is 0. The van der Waals surface area contributed by atoms with Crippen LogP contribution >= 0.6 is 0 Å². The Hall–Kier alpha value is -2.58. The second-order valence-electron chi connectivity index (χ2n) is 4.87. The van der Waals surface area contributed by atoms with Crippen LogP contribution in [-0.4, -0.2) is 73.3 Å². The van der Waals surface area contributed by atoms with Crippen molar-refractivity contribution < 1.29 is 19.5 Å². The lowest BCUT2D eigenvalue weighted by Crippen LogP contribution is -2.49. The molecule has 1 aliphatic rings. The van der Waals surface area contributed by atoms with Crippen LogP contribution in [-0.2, 0) is 21.0 Å². The third kappa shape index (κ3) is 5.97. The average molecular weight is 325 g/mol. The number of amides is 1. The number of hydrogen-bond donors (Lipinski definition) is 2. The molecule has 1 unspecified atom stereocenters. The Kier molecular flexibility index (Phi) is 7.58. The highest BCUT2D eigenvalue weighted by Crippen LogP contribution is 2.17. The molecule has 1 aromatic rings. The van der Waals surface area contributed by atoms with Crippen LogP contribution in [0.3, 0.4) is 0 Å². The molecular weight excluding hydrogens is 306 g/mol. The number of rotatable bonds is 6. The van der Waals surface area contributed by atoms with Crippen molar-refractivity contribution in [1.29, 1.82) is 5.26 Å². The van der Waals surface area contributed by atoms with Gasteiger partial charge in [0.05, 0.1) is 12.6 Å². The number of carboxylic acid groups (broad SMARTS) is 1. The minimum absolute atomic E-state index is 0.178. The van der Waals surface area contributed by atoms with E-state index in [0.717, 1.165) is 24.4 Å². The van der Waals surface area contributed by atoms with Crippen LogP contribution in [0, 0.1) is 11.8 Å². The van der Waals surface area contributed by atoms with Crippen LogP contribution in [0.5, 0.6) is 0 Å². The van der Waals surface area contributed by atoms with Crippen molar-refractivity contribution in [2.45, 2.75) is 32.4 Å². The molecule has 1 aromatic heterocycles. The minimum atomic E-state index is -1.11. The van der Waals surface area contributed by atoms with Gasteiger partial charge in [-0.25, -0.2) is 15.1 Å². The van der Waals surface area contributed by atoms with E-state index in [-0.39, 0.29) is 11.9 Å². The normalized spacial score (nSPS) is 17.8. The summed E-state index contributed by atoms with van der Waals surface area (Å²) in [6.07, 6.45) is 1.64. The maximum Gasteiger partial charge on any atom is 0.332 e. The molecule has 2 N–H and O–H groups in total. The fourth-order valence-corrected chi connectivity index (χ4v) is 2.39. The zero-order valence-electron chi connectivity index (χ0n) is 12.8. The maximum absolute atomic E-state index is 11.6. The van der Waals surface area contributed by atoms with Gasteiger partial charge in [-0.3, -0.25) is 14.5 Å². The molecular formula is C12H19N7O4. The fraction of sp³-hybridized carbons (Fsp3) is 0.667. The average Bonchev–Trinajstić information content (AvgIpc) is 3.02. The largest absolute Gasteiger partial charge is 0.479 e. The summed E-state index contributed by atoms with van der Waals surface area (Å²) in [6.45, 7) is 6.29. The molecule has 0 saturated carbocycles. The molecule has 0 radical (unpaired) electrons. The smallest absolute Gasteiger partial charge is 0.332 e. The molecule has 23 heavy (non-hydrogen) atoms. The molecule has 0 aromatic carbocycles. The number of H-pyrrole nitrogens is 1. The molecule has 2 heterocycles. The van der Waals surface area contributed by atoms with Crippen molar-refractivity contribution >= 4 is 11.9 Å². The van der Waals surface area contributed by atoms with Gasteiger partial charge >= 0.3 is 5.97 Å². The van der Waals surface area contributed by atoms with Gasteiger partial charge in [0.2, 0.25) is 5.91 Å². The van der Waals surface area contributed by atoms with E-state index in [9.17, 15) is 9.59 Å². The second-order valence-corrected chi connectivity index (χ2v) is 4.87. The lowest BCUT2D eigenvalue weighted by Gasteiger charge is -2.37. The monoisotopic (exact) mass is 325 g/mol. The number of aliphatic carboxylic acids is 1. The lowest BCUT2D eigenvalue weighted by atomic mass is 10.1. The van der Waals surface area contributed by atoms with Gasteiger partial charge in [0.15, 0.2) is 12.4 Å². The third-order valence-corrected chi connectivity index (χ3v) is 3.20. The van der Waals surface area contributed by atoms with Gasteiger partial charge in [-0.15, -0.1) is 10.2 Å². The van der Waals surface area contributed by atoms with Gasteiger partial charge in [-0.2, -0.15) is 5.21 Å². The maximum atomic E-state index is 11.6. The van der Waals surface area contributed by atoms with Crippen molar-refractivity contribution in [3.05, 3.63) is 5.82 Å². The van der Waals surface area contributed by atoms with E-state index in [4.69, 9.17) is 15.2 Å². The van der Waals surface area contributed by atoms with E-state index in [1.54, 1.807) is 0 Å². The number of nitriles is 1. The summed E-state index contributed by atoms with van der Waals surface area (Å²) in [4.78, 5) is 29.4. The van der Waals surface area contributed by atoms with Crippen LogP contribution in [0.1, 0.15) is 25.6 Å². The third-order valence-electron chi connectivity index (χ3n) is 3.20. The van der Waals surface area contributed by atoms with E-state index < -0.39 is 12.6 Å². The number of carbonyl (C=O) groups is 2. The summed E-state index contributed by atoms with van der Waals surface area (Å²) in [5.74, 6) is -0.833. The molecule has 0 bridgehead atoms. The van der Waals surface area contributed by atoms with Crippen molar-refractivity contribution in [2.24, 2.45) is 0 Å². The quantitative estimate of drug-likeness (QED) is 0.639. The van der Waals surface area contributed by atoms with Crippen molar-refractivity contribution in [2.75, 3.05) is 19.7 Å². The first-order valence-corrected chi connectivity index (χ1v) is 6.91. The summed E-state index contributed by atoms with van der Waals surface area (Å²) in [6, 6.07) is -0.178. The SMILES string of the molecule is C#N.CC(=O)N(OCC(=O)O)C1CCCN(Cc2nn[nH]n2)C1. The molecule has 1 atom stereocenters. The molecule has 1 aliphatic heterocycles. The summed E-state index contributed by atoms with van der Waals surface area (Å²) in [7, 11) is 0. The number of piperidine rings is 1. The van der Waals surface area contributed by atoms with Gasteiger partial charge < -0.3 is 5.11 Å². The Bertz CT molecular complexity index is 519. The molecule has 1 fully saturated rings. The Labute approximate surface area is 132 Å². The Morgan fingerprint density at radius 1 is 1.57 bits per heavy atom. The molecule has 11 nitrogen and oxygen atoms in total. The summed E-state index contributed by atoms with van der Waals surface area (Å²) in [5.41, 5.74) is 0. The zero-order valence-corrected chi connectivity index (χ0v) is 12.8. The Morgan fingerprint density at radius 2 is 2.30 bits per heavy atom. The first-order chi connectivity index (χ1) is 11.1. The Balaban J connectivity index is 0.00000127. The molecule has 0 aliphatic carbocycles. The number of aromatic amines is 1. The number of likely N-dealkylation sites (tertiary alicyclic amines) is 1. The lowest BCUT2D eigenvalue weighted by molar-refractivity contribution is -0.207. The van der Waals surface area contributed by atoms with Gasteiger partial charge in [0.1, 0.15) is 0 Å². The standard InChI is InChI=1S/C11H18N6O4.CHN/c1-8(18)17(21-7-11(19)20)9-3-2-4-16(5-9)6-10-12-14-15-13-10;1-2/h9H,2-7H2,1H3,(H,19,20)(H,12,13,14,15);1H. The highest BCUT2D eigenvalue weighted by Gasteiger charge is 2.29. The number of carboxylic acids is 1. The van der Waals surface area contributed by atoms with E-state index in [1.807, 2.05) is 0 Å². The Morgan fingerprint density at radius 3 is 2.87 bits per heavy atom.